The molecular formula is C18H23N3. The quantitative estimate of drug-likeness (QED) is 0.860. The van der Waals surface area contributed by atoms with Crippen molar-refractivity contribution in [3.63, 3.8) is 0 Å². The minimum absolute atomic E-state index is 0.282. The van der Waals surface area contributed by atoms with E-state index >= 15 is 0 Å². The number of imidazole rings is 1. The van der Waals surface area contributed by atoms with Crippen LogP contribution in [-0.4, -0.2) is 9.55 Å². The summed E-state index contributed by atoms with van der Waals surface area (Å²) in [5.41, 5.74) is 9.43. The van der Waals surface area contributed by atoms with Crippen LogP contribution in [0.1, 0.15) is 50.9 Å². The first kappa shape index (κ1) is 15.2. The van der Waals surface area contributed by atoms with Gasteiger partial charge in [-0.25, -0.2) is 4.98 Å². The van der Waals surface area contributed by atoms with Gasteiger partial charge in [-0.15, -0.1) is 6.42 Å². The Kier molecular flexibility index (Phi) is 4.37. The van der Waals surface area contributed by atoms with Crippen molar-refractivity contribution in [2.75, 3.05) is 5.73 Å². The number of anilines is 1. The van der Waals surface area contributed by atoms with Gasteiger partial charge in [-0.1, -0.05) is 57.9 Å². The first-order valence-corrected chi connectivity index (χ1v) is 7.35. The molecule has 21 heavy (non-hydrogen) atoms. The zero-order chi connectivity index (χ0) is 15.6. The summed E-state index contributed by atoms with van der Waals surface area (Å²) in [5, 5.41) is 0. The summed E-state index contributed by atoms with van der Waals surface area (Å²) >= 11 is 0. The monoisotopic (exact) mass is 281 g/mol. The van der Waals surface area contributed by atoms with Gasteiger partial charge in [0.1, 0.15) is 17.3 Å². The number of nitrogen functional groups attached to an aromatic ring is 1. The fourth-order valence-electron chi connectivity index (χ4n) is 2.42. The Labute approximate surface area is 127 Å². The summed E-state index contributed by atoms with van der Waals surface area (Å²) in [6.45, 7) is 9.01. The van der Waals surface area contributed by atoms with Crippen molar-refractivity contribution in [3.05, 3.63) is 35.7 Å². The number of aromatic nitrogens is 2. The summed E-state index contributed by atoms with van der Waals surface area (Å²) in [6, 6.07) is 8.43. The number of hydrogen-bond acceptors (Lipinski definition) is 2. The SMILES string of the molecule is C#CCn1c(C(C)C)nc(-c2ccc(C(C)C)cc2)c1N. The topological polar surface area (TPSA) is 43.8 Å². The van der Waals surface area contributed by atoms with Crippen LogP contribution in [-0.2, 0) is 6.54 Å². The molecule has 2 aromatic rings. The fourth-order valence-corrected chi connectivity index (χ4v) is 2.42. The lowest BCUT2D eigenvalue weighted by molar-refractivity contribution is 0.691. The van der Waals surface area contributed by atoms with Gasteiger partial charge in [0, 0.05) is 11.5 Å². The highest BCUT2D eigenvalue weighted by Crippen LogP contribution is 2.30. The zero-order valence-corrected chi connectivity index (χ0v) is 13.2. The van der Waals surface area contributed by atoms with E-state index in [9.17, 15) is 0 Å². The molecule has 0 saturated carbocycles. The van der Waals surface area contributed by atoms with Crippen molar-refractivity contribution in [1.29, 1.82) is 0 Å². The second-order valence-corrected chi connectivity index (χ2v) is 5.93. The maximum atomic E-state index is 6.26. The van der Waals surface area contributed by atoms with Crippen molar-refractivity contribution in [2.45, 2.75) is 46.1 Å². The molecule has 0 aliphatic heterocycles. The van der Waals surface area contributed by atoms with E-state index in [0.717, 1.165) is 17.1 Å². The molecule has 0 unspecified atom stereocenters. The molecule has 0 bridgehead atoms. The Morgan fingerprint density at radius 2 is 1.76 bits per heavy atom. The van der Waals surface area contributed by atoms with Gasteiger partial charge in [-0.3, -0.25) is 0 Å². The molecule has 1 aromatic carbocycles. The van der Waals surface area contributed by atoms with Gasteiger partial charge in [-0.2, -0.15) is 0 Å². The average molecular weight is 281 g/mol. The van der Waals surface area contributed by atoms with Crippen molar-refractivity contribution >= 4 is 5.82 Å². The van der Waals surface area contributed by atoms with Gasteiger partial charge in [0.25, 0.3) is 0 Å². The van der Waals surface area contributed by atoms with E-state index in [1.54, 1.807) is 0 Å². The van der Waals surface area contributed by atoms with E-state index in [1.165, 1.54) is 5.56 Å². The third-order valence-electron chi connectivity index (χ3n) is 3.65. The third-order valence-corrected chi connectivity index (χ3v) is 3.65. The van der Waals surface area contributed by atoms with Crippen molar-refractivity contribution in [2.24, 2.45) is 0 Å². The minimum Gasteiger partial charge on any atom is -0.383 e. The van der Waals surface area contributed by atoms with Crippen LogP contribution in [0, 0.1) is 12.3 Å². The second kappa shape index (κ2) is 6.05. The Bertz CT molecular complexity index is 655. The molecule has 0 aliphatic rings. The molecule has 0 atom stereocenters. The highest BCUT2D eigenvalue weighted by molar-refractivity contribution is 5.71. The van der Waals surface area contributed by atoms with Gasteiger partial charge < -0.3 is 10.3 Å². The normalized spacial score (nSPS) is 11.1. The minimum atomic E-state index is 0.282. The van der Waals surface area contributed by atoms with Crippen LogP contribution < -0.4 is 5.73 Å². The lowest BCUT2D eigenvalue weighted by Crippen LogP contribution is -2.07. The Morgan fingerprint density at radius 1 is 1.14 bits per heavy atom. The lowest BCUT2D eigenvalue weighted by Gasteiger charge is -2.08. The molecule has 1 aromatic heterocycles. The smallest absolute Gasteiger partial charge is 0.132 e. The van der Waals surface area contributed by atoms with Crippen LogP contribution in [0.4, 0.5) is 5.82 Å². The van der Waals surface area contributed by atoms with Crippen molar-refractivity contribution < 1.29 is 0 Å². The number of nitrogens with two attached hydrogens (primary N) is 1. The lowest BCUT2D eigenvalue weighted by atomic mass is 10.0. The second-order valence-electron chi connectivity index (χ2n) is 5.93. The summed E-state index contributed by atoms with van der Waals surface area (Å²) in [4.78, 5) is 4.72. The number of benzene rings is 1. The van der Waals surface area contributed by atoms with Crippen LogP contribution >= 0.6 is 0 Å². The Balaban J connectivity index is 2.49. The van der Waals surface area contributed by atoms with Crippen molar-refractivity contribution in [1.82, 2.24) is 9.55 Å². The summed E-state index contributed by atoms with van der Waals surface area (Å²) in [6.07, 6.45) is 5.45. The number of hydrogen-bond donors (Lipinski definition) is 1. The van der Waals surface area contributed by atoms with Gasteiger partial charge in [0.2, 0.25) is 0 Å². The molecule has 3 heteroatoms. The fraction of sp³-hybridized carbons (Fsp3) is 0.389. The molecule has 0 fully saturated rings. The molecule has 2 rings (SSSR count). The molecule has 1 heterocycles. The van der Waals surface area contributed by atoms with Gasteiger partial charge in [0.15, 0.2) is 0 Å². The van der Waals surface area contributed by atoms with Crippen LogP contribution in [0.2, 0.25) is 0 Å². The molecule has 0 spiro atoms. The van der Waals surface area contributed by atoms with E-state index < -0.39 is 0 Å². The van der Waals surface area contributed by atoms with E-state index in [0.29, 0.717) is 18.3 Å². The highest BCUT2D eigenvalue weighted by atomic mass is 15.1. The molecular weight excluding hydrogens is 258 g/mol. The van der Waals surface area contributed by atoms with E-state index in [4.69, 9.17) is 17.1 Å². The molecule has 0 saturated heterocycles. The van der Waals surface area contributed by atoms with Gasteiger partial charge >= 0.3 is 0 Å². The van der Waals surface area contributed by atoms with Crippen LogP contribution in [0.3, 0.4) is 0 Å². The predicted molar refractivity (Wildman–Crippen MR) is 89.1 cm³/mol. The Morgan fingerprint density at radius 3 is 2.24 bits per heavy atom. The first-order valence-electron chi connectivity index (χ1n) is 7.35. The van der Waals surface area contributed by atoms with Crippen molar-refractivity contribution in [3.8, 4) is 23.6 Å². The van der Waals surface area contributed by atoms with Crippen LogP contribution in [0.25, 0.3) is 11.3 Å². The molecule has 0 amide bonds. The van der Waals surface area contributed by atoms with Gasteiger partial charge in [0.05, 0.1) is 6.54 Å². The predicted octanol–water partition coefficient (Wildman–Crippen LogP) is 4.01. The summed E-state index contributed by atoms with van der Waals surface area (Å²) in [5.74, 6) is 5.03. The first-order chi connectivity index (χ1) is 9.95. The van der Waals surface area contributed by atoms with E-state index in [-0.39, 0.29) is 5.92 Å². The van der Waals surface area contributed by atoms with Crippen LogP contribution in [0.5, 0.6) is 0 Å². The molecule has 2 N–H and O–H groups in total. The Hall–Kier alpha value is -2.21. The van der Waals surface area contributed by atoms with Gasteiger partial charge in [-0.05, 0) is 11.5 Å². The third kappa shape index (κ3) is 2.95. The number of rotatable bonds is 4. The molecule has 0 aliphatic carbocycles. The maximum Gasteiger partial charge on any atom is 0.132 e. The zero-order valence-electron chi connectivity index (χ0n) is 13.2. The summed E-state index contributed by atoms with van der Waals surface area (Å²) in [7, 11) is 0. The van der Waals surface area contributed by atoms with Crippen LogP contribution in [0.15, 0.2) is 24.3 Å². The largest absolute Gasteiger partial charge is 0.383 e. The standard InChI is InChI=1S/C18H23N3/c1-6-11-21-17(19)16(20-18(21)13(4)5)15-9-7-14(8-10-15)12(2)3/h1,7-10,12-13H,11,19H2,2-5H3. The number of terminal acetylenes is 1. The van der Waals surface area contributed by atoms with E-state index in [1.807, 2.05) is 4.57 Å². The molecule has 3 nitrogen and oxygen atoms in total. The van der Waals surface area contributed by atoms with E-state index in [2.05, 4.69) is 57.9 Å². The number of nitrogens with zero attached hydrogens (tertiary/aromatic N) is 2. The summed E-state index contributed by atoms with van der Waals surface area (Å²) < 4.78 is 1.93. The maximum absolute atomic E-state index is 6.26. The molecule has 110 valence electrons. The molecule has 0 radical (unpaired) electrons. The highest BCUT2D eigenvalue weighted by Gasteiger charge is 2.17. The average Bonchev–Trinajstić information content (AvgIpc) is 2.77.